The molecule has 2 aromatic carbocycles. The van der Waals surface area contributed by atoms with E-state index in [2.05, 4.69) is 20.6 Å². The van der Waals surface area contributed by atoms with Crippen molar-refractivity contribution < 1.29 is 4.79 Å². The number of nitrogens with one attached hydrogen (secondary N) is 1. The summed E-state index contributed by atoms with van der Waals surface area (Å²) in [5, 5.41) is 11.4. The molecule has 1 amide bonds. The van der Waals surface area contributed by atoms with Gasteiger partial charge in [-0.25, -0.2) is 9.67 Å². The zero-order chi connectivity index (χ0) is 21.3. The molecular formula is C21H19ClN6O2. The Morgan fingerprint density at radius 2 is 1.93 bits per heavy atom. The summed E-state index contributed by atoms with van der Waals surface area (Å²) in [5.41, 5.74) is 3.61. The van der Waals surface area contributed by atoms with Crippen LogP contribution in [0.1, 0.15) is 16.7 Å². The Balaban J connectivity index is 1.57. The van der Waals surface area contributed by atoms with Crippen molar-refractivity contribution in [2.75, 3.05) is 5.32 Å². The molecule has 0 atom stereocenters. The van der Waals surface area contributed by atoms with E-state index in [9.17, 15) is 9.59 Å². The molecule has 0 unspecified atom stereocenters. The molecule has 0 aliphatic heterocycles. The third-order valence-electron chi connectivity index (χ3n) is 4.93. The molecule has 0 saturated carbocycles. The number of carbonyl (C=O) groups is 1. The number of aromatic nitrogens is 5. The Kier molecular flexibility index (Phi) is 5.33. The predicted octanol–water partition coefficient (Wildman–Crippen LogP) is 2.95. The Labute approximate surface area is 177 Å². The summed E-state index contributed by atoms with van der Waals surface area (Å²) < 4.78 is 2.79. The lowest BCUT2D eigenvalue weighted by Crippen LogP contribution is -2.28. The summed E-state index contributed by atoms with van der Waals surface area (Å²) in [6, 6.07) is 13.2. The fraction of sp³-hybridized carbons (Fsp3) is 0.190. The molecule has 8 nitrogen and oxygen atoms in total. The minimum absolute atomic E-state index is 0.123. The quantitative estimate of drug-likeness (QED) is 0.533. The number of anilines is 1. The van der Waals surface area contributed by atoms with Crippen LogP contribution in [0, 0.1) is 13.8 Å². The zero-order valence-corrected chi connectivity index (χ0v) is 17.2. The lowest BCUT2D eigenvalue weighted by Gasteiger charge is -2.10. The van der Waals surface area contributed by atoms with Crippen LogP contribution in [0.3, 0.4) is 0 Å². The molecular weight excluding hydrogens is 404 g/mol. The van der Waals surface area contributed by atoms with E-state index in [1.54, 1.807) is 22.9 Å². The Hall–Kier alpha value is -3.52. The van der Waals surface area contributed by atoms with E-state index >= 15 is 0 Å². The summed E-state index contributed by atoms with van der Waals surface area (Å²) >= 11 is 6.08. The van der Waals surface area contributed by atoms with Gasteiger partial charge in [-0.05, 0) is 42.7 Å². The molecule has 0 bridgehead atoms. The van der Waals surface area contributed by atoms with Crippen LogP contribution in [-0.4, -0.2) is 30.5 Å². The number of aryl methyl sites for hydroxylation is 1. The third kappa shape index (κ3) is 3.81. The topological polar surface area (TPSA) is 94.7 Å². The molecule has 4 aromatic rings. The fourth-order valence-electron chi connectivity index (χ4n) is 3.14. The van der Waals surface area contributed by atoms with E-state index < -0.39 is 5.56 Å². The predicted molar refractivity (Wildman–Crippen MR) is 115 cm³/mol. The number of hydrogen-bond donors (Lipinski definition) is 1. The fourth-order valence-corrected chi connectivity index (χ4v) is 3.32. The van der Waals surface area contributed by atoms with E-state index in [0.29, 0.717) is 22.9 Å². The Morgan fingerprint density at radius 3 is 2.73 bits per heavy atom. The summed E-state index contributed by atoms with van der Waals surface area (Å²) in [4.78, 5) is 29.5. The van der Waals surface area contributed by atoms with Crippen molar-refractivity contribution in [2.45, 2.75) is 26.9 Å². The van der Waals surface area contributed by atoms with Gasteiger partial charge in [0.05, 0.1) is 6.54 Å². The van der Waals surface area contributed by atoms with Crippen molar-refractivity contribution in [3.8, 4) is 0 Å². The number of benzene rings is 2. The van der Waals surface area contributed by atoms with Gasteiger partial charge in [0.15, 0.2) is 11.2 Å². The molecule has 0 spiro atoms. The summed E-state index contributed by atoms with van der Waals surface area (Å²) in [5.74, 6) is -0.365. The molecule has 4 rings (SSSR count). The van der Waals surface area contributed by atoms with E-state index in [4.69, 9.17) is 11.6 Å². The van der Waals surface area contributed by atoms with E-state index in [-0.39, 0.29) is 18.0 Å². The molecule has 1 N–H and O–H groups in total. The van der Waals surface area contributed by atoms with Gasteiger partial charge in [-0.1, -0.05) is 47.1 Å². The van der Waals surface area contributed by atoms with Gasteiger partial charge in [0.1, 0.15) is 12.9 Å². The maximum Gasteiger partial charge on any atom is 0.283 e. The van der Waals surface area contributed by atoms with Gasteiger partial charge in [0, 0.05) is 10.7 Å². The molecule has 2 heterocycles. The van der Waals surface area contributed by atoms with Crippen LogP contribution < -0.4 is 10.9 Å². The van der Waals surface area contributed by atoms with E-state index in [1.807, 2.05) is 38.1 Å². The number of nitrogens with zero attached hydrogens (tertiary/aromatic N) is 5. The van der Waals surface area contributed by atoms with Gasteiger partial charge in [0.2, 0.25) is 5.91 Å². The Morgan fingerprint density at radius 1 is 1.13 bits per heavy atom. The second-order valence-corrected chi connectivity index (χ2v) is 7.39. The van der Waals surface area contributed by atoms with Crippen LogP contribution in [0.4, 0.5) is 5.69 Å². The standard InChI is InChI=1S/C21H19ClN6O2/c1-13-6-3-4-7-15(13)10-28-20-19(25-26-28)21(30)27(12-23-20)11-18(29)24-17-9-5-8-16(22)14(17)2/h3-9,12H,10-11H2,1-2H3,(H,24,29). The highest BCUT2D eigenvalue weighted by Crippen LogP contribution is 2.22. The highest BCUT2D eigenvalue weighted by molar-refractivity contribution is 6.31. The maximum absolute atomic E-state index is 12.8. The molecule has 0 aliphatic carbocycles. The highest BCUT2D eigenvalue weighted by atomic mass is 35.5. The van der Waals surface area contributed by atoms with Crippen LogP contribution in [0.15, 0.2) is 53.6 Å². The first-order valence-corrected chi connectivity index (χ1v) is 9.70. The summed E-state index contributed by atoms with van der Waals surface area (Å²) in [7, 11) is 0. The number of carbonyl (C=O) groups excluding carboxylic acids is 1. The van der Waals surface area contributed by atoms with Crippen molar-refractivity contribution in [3.63, 3.8) is 0 Å². The number of fused-ring (bicyclic) bond motifs is 1. The normalized spacial score (nSPS) is 11.0. The van der Waals surface area contributed by atoms with Crippen LogP contribution in [-0.2, 0) is 17.9 Å². The average molecular weight is 423 g/mol. The van der Waals surface area contributed by atoms with Gasteiger partial charge < -0.3 is 5.32 Å². The maximum atomic E-state index is 12.8. The van der Waals surface area contributed by atoms with Gasteiger partial charge in [0.25, 0.3) is 5.56 Å². The first-order chi connectivity index (χ1) is 14.4. The van der Waals surface area contributed by atoms with Crippen LogP contribution >= 0.6 is 11.6 Å². The monoisotopic (exact) mass is 422 g/mol. The smallest absolute Gasteiger partial charge is 0.283 e. The lowest BCUT2D eigenvalue weighted by molar-refractivity contribution is -0.116. The van der Waals surface area contributed by atoms with Crippen LogP contribution in [0.25, 0.3) is 11.2 Å². The van der Waals surface area contributed by atoms with Gasteiger partial charge in [-0.15, -0.1) is 5.10 Å². The number of hydrogen-bond acceptors (Lipinski definition) is 5. The zero-order valence-electron chi connectivity index (χ0n) is 16.5. The summed E-state index contributed by atoms with van der Waals surface area (Å²) in [6.07, 6.45) is 1.34. The first-order valence-electron chi connectivity index (χ1n) is 9.32. The van der Waals surface area contributed by atoms with Crippen molar-refractivity contribution in [1.29, 1.82) is 0 Å². The van der Waals surface area contributed by atoms with Crippen molar-refractivity contribution in [3.05, 3.63) is 80.9 Å². The van der Waals surface area contributed by atoms with Crippen LogP contribution in [0.5, 0.6) is 0 Å². The van der Waals surface area contributed by atoms with Gasteiger partial charge >= 0.3 is 0 Å². The highest BCUT2D eigenvalue weighted by Gasteiger charge is 2.15. The number of rotatable bonds is 5. The molecule has 2 aromatic heterocycles. The van der Waals surface area contributed by atoms with Gasteiger partial charge in [-0.2, -0.15) is 0 Å². The average Bonchev–Trinajstić information content (AvgIpc) is 3.13. The molecule has 0 aliphatic rings. The molecule has 0 radical (unpaired) electrons. The van der Waals surface area contributed by atoms with Crippen molar-refractivity contribution in [1.82, 2.24) is 24.5 Å². The second-order valence-electron chi connectivity index (χ2n) is 6.98. The molecule has 0 fully saturated rings. The van der Waals surface area contributed by atoms with E-state index in [0.717, 1.165) is 16.7 Å². The van der Waals surface area contributed by atoms with Crippen molar-refractivity contribution >= 4 is 34.4 Å². The number of halogens is 1. The lowest BCUT2D eigenvalue weighted by atomic mass is 10.1. The second kappa shape index (κ2) is 8.08. The molecule has 152 valence electrons. The SMILES string of the molecule is Cc1ccccc1Cn1nnc2c(=O)n(CC(=O)Nc3cccc(Cl)c3C)cnc21. The molecule has 30 heavy (non-hydrogen) atoms. The molecule has 9 heteroatoms. The first kappa shape index (κ1) is 19.8. The van der Waals surface area contributed by atoms with E-state index in [1.165, 1.54) is 10.9 Å². The largest absolute Gasteiger partial charge is 0.324 e. The Bertz CT molecular complexity index is 1310. The van der Waals surface area contributed by atoms with Crippen LogP contribution in [0.2, 0.25) is 5.02 Å². The minimum atomic E-state index is -0.422. The molecule has 0 saturated heterocycles. The summed E-state index contributed by atoms with van der Waals surface area (Å²) in [6.45, 7) is 4.08. The van der Waals surface area contributed by atoms with Gasteiger partial charge in [-0.3, -0.25) is 14.2 Å². The minimum Gasteiger partial charge on any atom is -0.324 e. The third-order valence-corrected chi connectivity index (χ3v) is 5.34. The number of amides is 1. The van der Waals surface area contributed by atoms with Crippen molar-refractivity contribution in [2.24, 2.45) is 0 Å².